The third-order valence-electron chi connectivity index (χ3n) is 5.06. The van der Waals surface area contributed by atoms with Crippen molar-refractivity contribution < 1.29 is 28.4 Å². The number of ether oxygens (including phenoxy) is 2. The van der Waals surface area contributed by atoms with Gasteiger partial charge in [-0.25, -0.2) is 4.79 Å². The van der Waals surface area contributed by atoms with Crippen molar-refractivity contribution >= 4 is 34.9 Å². The number of benzene rings is 2. The molecule has 2 aromatic carbocycles. The van der Waals surface area contributed by atoms with Gasteiger partial charge in [-0.2, -0.15) is 0 Å². The van der Waals surface area contributed by atoms with Crippen molar-refractivity contribution in [3.8, 4) is 11.3 Å². The summed E-state index contributed by atoms with van der Waals surface area (Å²) >= 11 is 6.12. The van der Waals surface area contributed by atoms with Crippen LogP contribution in [0.5, 0.6) is 0 Å². The Kier molecular flexibility index (Phi) is 6.71. The first-order valence-electron chi connectivity index (χ1n) is 10.1. The Morgan fingerprint density at radius 2 is 1.94 bits per heavy atom. The molecular formula is C23H19ClN2O7. The molecule has 0 spiro atoms. The molecule has 1 atom stereocenters. The summed E-state index contributed by atoms with van der Waals surface area (Å²) in [4.78, 5) is 35.0. The lowest BCUT2D eigenvalue weighted by Gasteiger charge is -2.10. The van der Waals surface area contributed by atoms with Gasteiger partial charge in [0.2, 0.25) is 0 Å². The highest BCUT2D eigenvalue weighted by molar-refractivity contribution is 6.33. The molecule has 1 unspecified atom stereocenters. The lowest BCUT2D eigenvalue weighted by molar-refractivity contribution is -0.384. The number of nitro groups is 1. The molecular weight excluding hydrogens is 452 g/mol. The molecule has 1 aromatic heterocycles. The highest BCUT2D eigenvalue weighted by atomic mass is 35.5. The normalized spacial score (nSPS) is 15.2. The zero-order valence-corrected chi connectivity index (χ0v) is 18.0. The van der Waals surface area contributed by atoms with E-state index in [0.717, 1.165) is 12.8 Å². The molecule has 1 aliphatic rings. The maximum atomic E-state index is 12.5. The third-order valence-corrected chi connectivity index (χ3v) is 5.37. The maximum absolute atomic E-state index is 12.5. The molecule has 0 radical (unpaired) electrons. The second kappa shape index (κ2) is 9.85. The fourth-order valence-electron chi connectivity index (χ4n) is 3.33. The topological polar surface area (TPSA) is 121 Å². The van der Waals surface area contributed by atoms with Gasteiger partial charge in [-0.1, -0.05) is 11.6 Å². The van der Waals surface area contributed by atoms with Crippen molar-refractivity contribution in [2.75, 3.05) is 18.5 Å². The number of carbonyl (C=O) groups is 2. The molecule has 2 heterocycles. The summed E-state index contributed by atoms with van der Waals surface area (Å²) in [5, 5.41) is 13.7. The SMILES string of the molecule is O=C(OCC1CCCO1)c1ccc(NC(=O)c2ccc(-c3ccc([N+](=O)[O-])cc3Cl)o2)cc1. The second-order valence-corrected chi connectivity index (χ2v) is 7.76. The molecule has 3 aromatic rings. The minimum atomic E-state index is -0.550. The Hall–Kier alpha value is -3.69. The van der Waals surface area contributed by atoms with Crippen molar-refractivity contribution in [1.29, 1.82) is 0 Å². The molecule has 0 bridgehead atoms. The van der Waals surface area contributed by atoms with E-state index in [1.807, 2.05) is 0 Å². The standard InChI is InChI=1S/C23H19ClN2O7/c24-19-12-16(26(29)30)7-8-18(19)20-9-10-21(33-20)22(27)25-15-5-3-14(4-6-15)23(28)32-13-17-2-1-11-31-17/h3-10,12,17H,1-2,11,13H2,(H,25,27). The van der Waals surface area contributed by atoms with Crippen LogP contribution >= 0.6 is 11.6 Å². The van der Waals surface area contributed by atoms with Crippen LogP contribution in [0.1, 0.15) is 33.8 Å². The average molecular weight is 471 g/mol. The summed E-state index contributed by atoms with van der Waals surface area (Å²) < 4.78 is 16.3. The molecule has 1 N–H and O–H groups in total. The Bertz CT molecular complexity index is 1180. The predicted octanol–water partition coefficient (Wildman–Crippen LogP) is 5.10. The van der Waals surface area contributed by atoms with Crippen molar-refractivity contribution in [2.24, 2.45) is 0 Å². The quantitative estimate of drug-likeness (QED) is 0.290. The number of furan rings is 1. The van der Waals surface area contributed by atoms with E-state index in [1.165, 1.54) is 24.3 Å². The first-order chi connectivity index (χ1) is 15.9. The van der Waals surface area contributed by atoms with E-state index >= 15 is 0 Å². The molecule has 1 amide bonds. The molecule has 1 fully saturated rings. The van der Waals surface area contributed by atoms with Crippen LogP contribution in [-0.4, -0.2) is 36.1 Å². The molecule has 33 heavy (non-hydrogen) atoms. The number of carbonyl (C=O) groups excluding carboxylic acids is 2. The van der Waals surface area contributed by atoms with E-state index < -0.39 is 16.8 Å². The van der Waals surface area contributed by atoms with Gasteiger partial charge >= 0.3 is 5.97 Å². The van der Waals surface area contributed by atoms with Crippen LogP contribution in [0.25, 0.3) is 11.3 Å². The number of rotatable bonds is 7. The van der Waals surface area contributed by atoms with E-state index in [0.29, 0.717) is 29.2 Å². The molecule has 10 heteroatoms. The summed E-state index contributed by atoms with van der Waals surface area (Å²) in [5.41, 5.74) is 1.10. The summed E-state index contributed by atoms with van der Waals surface area (Å²) in [6.45, 7) is 0.908. The first kappa shape index (κ1) is 22.5. The average Bonchev–Trinajstić information content (AvgIpc) is 3.50. The zero-order valence-electron chi connectivity index (χ0n) is 17.3. The van der Waals surface area contributed by atoms with Crippen LogP contribution in [-0.2, 0) is 9.47 Å². The van der Waals surface area contributed by atoms with Crippen molar-refractivity contribution in [1.82, 2.24) is 0 Å². The smallest absolute Gasteiger partial charge is 0.338 e. The summed E-state index contributed by atoms with van der Waals surface area (Å²) in [7, 11) is 0. The van der Waals surface area contributed by atoms with Gasteiger partial charge < -0.3 is 19.2 Å². The van der Waals surface area contributed by atoms with Gasteiger partial charge in [0.15, 0.2) is 5.76 Å². The number of nitrogens with zero attached hydrogens (tertiary/aromatic N) is 1. The van der Waals surface area contributed by atoms with Crippen molar-refractivity contribution in [2.45, 2.75) is 18.9 Å². The van der Waals surface area contributed by atoms with E-state index in [-0.39, 0.29) is 29.2 Å². The molecule has 4 rings (SSSR count). The summed E-state index contributed by atoms with van der Waals surface area (Å²) in [6, 6.07) is 13.3. The number of nitro benzene ring substituents is 1. The molecule has 0 saturated carbocycles. The maximum Gasteiger partial charge on any atom is 0.338 e. The molecule has 1 aliphatic heterocycles. The minimum absolute atomic E-state index is 0.0273. The Morgan fingerprint density at radius 1 is 1.15 bits per heavy atom. The van der Waals surface area contributed by atoms with E-state index in [2.05, 4.69) is 5.32 Å². The van der Waals surface area contributed by atoms with Crippen LogP contribution in [0.15, 0.2) is 59.0 Å². The highest BCUT2D eigenvalue weighted by Crippen LogP contribution is 2.32. The van der Waals surface area contributed by atoms with Gasteiger partial charge in [0, 0.05) is 30.0 Å². The fraction of sp³-hybridized carbons (Fsp3) is 0.217. The van der Waals surface area contributed by atoms with Crippen LogP contribution in [0.2, 0.25) is 5.02 Å². The fourth-order valence-corrected chi connectivity index (χ4v) is 3.60. The Morgan fingerprint density at radius 3 is 2.61 bits per heavy atom. The van der Waals surface area contributed by atoms with Gasteiger partial charge in [-0.05, 0) is 55.3 Å². The number of hydrogen-bond acceptors (Lipinski definition) is 7. The molecule has 9 nitrogen and oxygen atoms in total. The van der Waals surface area contributed by atoms with Crippen LogP contribution in [0, 0.1) is 10.1 Å². The number of amides is 1. The van der Waals surface area contributed by atoms with Gasteiger partial charge in [0.05, 0.1) is 21.6 Å². The van der Waals surface area contributed by atoms with Crippen LogP contribution in [0.4, 0.5) is 11.4 Å². The number of halogens is 1. The Labute approximate surface area is 193 Å². The predicted molar refractivity (Wildman–Crippen MR) is 119 cm³/mol. The molecule has 1 saturated heterocycles. The lowest BCUT2D eigenvalue weighted by atomic mass is 10.1. The highest BCUT2D eigenvalue weighted by Gasteiger charge is 2.19. The summed E-state index contributed by atoms with van der Waals surface area (Å²) in [5.74, 6) is -0.643. The van der Waals surface area contributed by atoms with Crippen LogP contribution in [0.3, 0.4) is 0 Å². The third kappa shape index (κ3) is 5.39. The van der Waals surface area contributed by atoms with E-state index in [1.54, 1.807) is 30.3 Å². The monoisotopic (exact) mass is 470 g/mol. The number of non-ortho nitro benzene ring substituents is 1. The number of hydrogen-bond donors (Lipinski definition) is 1. The van der Waals surface area contributed by atoms with Gasteiger partial charge in [0.25, 0.3) is 11.6 Å². The first-order valence-corrected chi connectivity index (χ1v) is 10.5. The largest absolute Gasteiger partial charge is 0.459 e. The van der Waals surface area contributed by atoms with Crippen LogP contribution < -0.4 is 5.32 Å². The van der Waals surface area contributed by atoms with Gasteiger partial charge in [0.1, 0.15) is 12.4 Å². The van der Waals surface area contributed by atoms with Gasteiger partial charge in [-0.3, -0.25) is 14.9 Å². The molecule has 0 aliphatic carbocycles. The minimum Gasteiger partial charge on any atom is -0.459 e. The van der Waals surface area contributed by atoms with Crippen molar-refractivity contribution in [3.05, 3.63) is 81.1 Å². The van der Waals surface area contributed by atoms with E-state index in [4.69, 9.17) is 25.5 Å². The number of nitrogens with one attached hydrogen (secondary N) is 1. The molecule has 170 valence electrons. The van der Waals surface area contributed by atoms with Crippen molar-refractivity contribution in [3.63, 3.8) is 0 Å². The second-order valence-electron chi connectivity index (χ2n) is 7.35. The number of esters is 1. The summed E-state index contributed by atoms with van der Waals surface area (Å²) in [6.07, 6.45) is 1.80. The lowest BCUT2D eigenvalue weighted by Crippen LogP contribution is -2.18. The number of anilines is 1. The van der Waals surface area contributed by atoms with E-state index in [9.17, 15) is 19.7 Å². The van der Waals surface area contributed by atoms with Gasteiger partial charge in [-0.15, -0.1) is 0 Å². The zero-order chi connectivity index (χ0) is 23.4. The Balaban J connectivity index is 1.37.